The fraction of sp³-hybridized carbons (Fsp3) is 0.308. The first-order valence-corrected chi connectivity index (χ1v) is 6.62. The molecule has 1 N–H and O–H groups in total. The fourth-order valence-corrected chi connectivity index (χ4v) is 2.24. The van der Waals surface area contributed by atoms with Gasteiger partial charge in [-0.1, -0.05) is 22.9 Å². The molecule has 0 aliphatic heterocycles. The van der Waals surface area contributed by atoms with E-state index in [0.717, 1.165) is 21.2 Å². The zero-order valence-corrected chi connectivity index (χ0v) is 12.3. The molecule has 100 valence electrons. The topological polar surface area (TPSA) is 66.3 Å². The van der Waals surface area contributed by atoms with Gasteiger partial charge in [-0.2, -0.15) is 0 Å². The summed E-state index contributed by atoms with van der Waals surface area (Å²) in [7, 11) is 1.84. The molecule has 0 saturated carbocycles. The SMILES string of the molecule is CC(CN(C)c1ncnc2cc(Br)ccc12)C(=O)O. The van der Waals surface area contributed by atoms with Crippen molar-refractivity contribution in [3.05, 3.63) is 29.0 Å². The summed E-state index contributed by atoms with van der Waals surface area (Å²) in [6, 6.07) is 5.76. The lowest BCUT2D eigenvalue weighted by atomic mass is 10.1. The zero-order valence-electron chi connectivity index (χ0n) is 10.7. The Morgan fingerprint density at radius 3 is 2.89 bits per heavy atom. The number of aromatic nitrogens is 2. The summed E-state index contributed by atoms with van der Waals surface area (Å²) in [4.78, 5) is 21.2. The third kappa shape index (κ3) is 3.01. The van der Waals surface area contributed by atoms with E-state index in [9.17, 15) is 4.79 Å². The Hall–Kier alpha value is -1.69. The number of anilines is 1. The normalized spacial score (nSPS) is 12.4. The first kappa shape index (κ1) is 13.7. The van der Waals surface area contributed by atoms with Crippen molar-refractivity contribution < 1.29 is 9.90 Å². The van der Waals surface area contributed by atoms with E-state index in [4.69, 9.17) is 5.11 Å². The largest absolute Gasteiger partial charge is 0.481 e. The smallest absolute Gasteiger partial charge is 0.308 e. The van der Waals surface area contributed by atoms with Crippen molar-refractivity contribution in [2.75, 3.05) is 18.5 Å². The molecule has 0 bridgehead atoms. The van der Waals surface area contributed by atoms with Gasteiger partial charge >= 0.3 is 5.97 Å². The van der Waals surface area contributed by atoms with E-state index in [-0.39, 0.29) is 0 Å². The van der Waals surface area contributed by atoms with Gasteiger partial charge in [0.25, 0.3) is 0 Å². The molecule has 0 radical (unpaired) electrons. The van der Waals surface area contributed by atoms with Gasteiger partial charge in [0.2, 0.25) is 0 Å². The van der Waals surface area contributed by atoms with E-state index in [0.29, 0.717) is 6.54 Å². The van der Waals surface area contributed by atoms with Gasteiger partial charge in [-0.25, -0.2) is 9.97 Å². The molecule has 19 heavy (non-hydrogen) atoms. The van der Waals surface area contributed by atoms with E-state index < -0.39 is 11.9 Å². The third-order valence-electron chi connectivity index (χ3n) is 2.91. The highest BCUT2D eigenvalue weighted by Crippen LogP contribution is 2.25. The molecule has 1 unspecified atom stereocenters. The summed E-state index contributed by atoms with van der Waals surface area (Å²) in [5.74, 6) is -0.524. The van der Waals surface area contributed by atoms with Gasteiger partial charge in [0, 0.05) is 23.5 Å². The second-order valence-electron chi connectivity index (χ2n) is 4.48. The number of carboxylic acid groups (broad SMARTS) is 1. The molecular weight excluding hydrogens is 310 g/mol. The maximum absolute atomic E-state index is 10.9. The van der Waals surface area contributed by atoms with E-state index >= 15 is 0 Å². The Bertz CT molecular complexity index is 618. The predicted octanol–water partition coefficient (Wildman–Crippen LogP) is 2.55. The summed E-state index contributed by atoms with van der Waals surface area (Å²) in [5.41, 5.74) is 0.828. The highest BCUT2D eigenvalue weighted by Gasteiger charge is 2.16. The quantitative estimate of drug-likeness (QED) is 0.936. The third-order valence-corrected chi connectivity index (χ3v) is 3.40. The van der Waals surface area contributed by atoms with Crippen LogP contribution < -0.4 is 4.90 Å². The zero-order chi connectivity index (χ0) is 14.0. The second-order valence-corrected chi connectivity index (χ2v) is 5.39. The number of carboxylic acids is 1. The average Bonchev–Trinajstić information content (AvgIpc) is 2.37. The van der Waals surface area contributed by atoms with Crippen LogP contribution in [0.3, 0.4) is 0 Å². The van der Waals surface area contributed by atoms with E-state index in [2.05, 4.69) is 25.9 Å². The van der Waals surface area contributed by atoms with Gasteiger partial charge in [0.05, 0.1) is 11.4 Å². The van der Waals surface area contributed by atoms with Gasteiger partial charge in [0.15, 0.2) is 0 Å². The van der Waals surface area contributed by atoms with Crippen LogP contribution in [-0.2, 0) is 4.79 Å². The molecule has 1 aromatic heterocycles. The first-order chi connectivity index (χ1) is 8.99. The number of aliphatic carboxylic acids is 1. The Labute approximate surface area is 119 Å². The Kier molecular flexibility index (Phi) is 3.99. The van der Waals surface area contributed by atoms with Crippen molar-refractivity contribution in [1.82, 2.24) is 9.97 Å². The van der Waals surface area contributed by atoms with Crippen LogP contribution >= 0.6 is 15.9 Å². The predicted molar refractivity (Wildman–Crippen MR) is 77.3 cm³/mol. The van der Waals surface area contributed by atoms with E-state index in [1.54, 1.807) is 6.92 Å². The highest BCUT2D eigenvalue weighted by atomic mass is 79.9. The monoisotopic (exact) mass is 323 g/mol. The molecule has 0 spiro atoms. The summed E-state index contributed by atoms with van der Waals surface area (Å²) >= 11 is 3.40. The van der Waals surface area contributed by atoms with Crippen molar-refractivity contribution in [2.24, 2.45) is 5.92 Å². The fourth-order valence-electron chi connectivity index (χ4n) is 1.90. The Morgan fingerprint density at radius 2 is 2.21 bits per heavy atom. The number of hydrogen-bond donors (Lipinski definition) is 1. The number of carbonyl (C=O) groups is 1. The first-order valence-electron chi connectivity index (χ1n) is 5.83. The summed E-state index contributed by atoms with van der Waals surface area (Å²) in [6.07, 6.45) is 1.49. The van der Waals surface area contributed by atoms with Crippen LogP contribution in [0.1, 0.15) is 6.92 Å². The summed E-state index contributed by atoms with van der Waals surface area (Å²) in [6.45, 7) is 2.08. The molecule has 1 heterocycles. The van der Waals surface area contributed by atoms with Crippen LogP contribution in [0.5, 0.6) is 0 Å². The summed E-state index contributed by atoms with van der Waals surface area (Å²) in [5, 5.41) is 9.87. The Balaban J connectivity index is 2.36. The molecule has 0 aliphatic rings. The van der Waals surface area contributed by atoms with Crippen molar-refractivity contribution in [1.29, 1.82) is 0 Å². The lowest BCUT2D eigenvalue weighted by Crippen LogP contribution is -2.29. The molecule has 5 nitrogen and oxygen atoms in total. The molecule has 2 aromatic rings. The van der Waals surface area contributed by atoms with Crippen LogP contribution in [0, 0.1) is 5.92 Å². The highest BCUT2D eigenvalue weighted by molar-refractivity contribution is 9.10. The molecule has 0 aliphatic carbocycles. The van der Waals surface area contributed by atoms with Gasteiger partial charge in [0.1, 0.15) is 12.1 Å². The summed E-state index contributed by atoms with van der Waals surface area (Å²) < 4.78 is 0.950. The number of benzene rings is 1. The molecule has 0 fully saturated rings. The van der Waals surface area contributed by atoms with Crippen molar-refractivity contribution in [2.45, 2.75) is 6.92 Å². The Morgan fingerprint density at radius 1 is 1.47 bits per heavy atom. The minimum atomic E-state index is -0.812. The molecule has 2 rings (SSSR count). The standard InChI is InChI=1S/C13H14BrN3O2/c1-8(13(18)19)6-17(2)12-10-4-3-9(14)5-11(10)15-7-16-12/h3-5,7-8H,6H2,1-2H3,(H,18,19). The molecular formula is C13H14BrN3O2. The number of halogens is 1. The molecule has 0 amide bonds. The lowest BCUT2D eigenvalue weighted by Gasteiger charge is -2.21. The van der Waals surface area contributed by atoms with Crippen LogP contribution in [0.4, 0.5) is 5.82 Å². The number of fused-ring (bicyclic) bond motifs is 1. The maximum atomic E-state index is 10.9. The van der Waals surface area contributed by atoms with E-state index in [1.165, 1.54) is 6.33 Å². The second kappa shape index (κ2) is 5.52. The van der Waals surface area contributed by atoms with Crippen molar-refractivity contribution in [3.8, 4) is 0 Å². The minimum absolute atomic E-state index is 0.400. The average molecular weight is 324 g/mol. The minimum Gasteiger partial charge on any atom is -0.481 e. The van der Waals surface area contributed by atoms with Crippen LogP contribution in [0.25, 0.3) is 10.9 Å². The van der Waals surface area contributed by atoms with Crippen molar-refractivity contribution in [3.63, 3.8) is 0 Å². The lowest BCUT2D eigenvalue weighted by molar-refractivity contribution is -0.140. The number of rotatable bonds is 4. The van der Waals surface area contributed by atoms with Gasteiger partial charge in [-0.15, -0.1) is 0 Å². The molecule has 6 heteroatoms. The molecule has 1 atom stereocenters. The van der Waals surface area contributed by atoms with E-state index in [1.807, 2.05) is 30.1 Å². The van der Waals surface area contributed by atoms with Crippen LogP contribution in [0.2, 0.25) is 0 Å². The molecule has 0 saturated heterocycles. The van der Waals surface area contributed by atoms with Crippen molar-refractivity contribution >= 4 is 38.6 Å². The van der Waals surface area contributed by atoms with Gasteiger partial charge in [-0.05, 0) is 18.2 Å². The number of nitrogens with zero attached hydrogens (tertiary/aromatic N) is 3. The number of hydrogen-bond acceptors (Lipinski definition) is 4. The van der Waals surface area contributed by atoms with Gasteiger partial charge in [-0.3, -0.25) is 4.79 Å². The maximum Gasteiger partial charge on any atom is 0.308 e. The van der Waals surface area contributed by atoms with Crippen LogP contribution in [0.15, 0.2) is 29.0 Å². The molecule has 1 aromatic carbocycles. The van der Waals surface area contributed by atoms with Gasteiger partial charge < -0.3 is 10.0 Å². The van der Waals surface area contributed by atoms with Crippen LogP contribution in [-0.4, -0.2) is 34.6 Å².